The third-order valence-electron chi connectivity index (χ3n) is 1.70. The van der Waals surface area contributed by atoms with Crippen LogP contribution in [0.5, 0.6) is 5.88 Å². The summed E-state index contributed by atoms with van der Waals surface area (Å²) in [7, 11) is 0. The Morgan fingerprint density at radius 2 is 2.00 bits per heavy atom. The van der Waals surface area contributed by atoms with Crippen molar-refractivity contribution in [3.63, 3.8) is 0 Å². The summed E-state index contributed by atoms with van der Waals surface area (Å²) >= 11 is 5.59. The molecule has 0 atom stereocenters. The molecule has 0 saturated heterocycles. The van der Waals surface area contributed by atoms with Gasteiger partial charge in [-0.25, -0.2) is 9.97 Å². The topological polar surface area (TPSA) is 35.0 Å². The molecular formula is C10H15ClN2O. The van der Waals surface area contributed by atoms with E-state index < -0.39 is 0 Å². The van der Waals surface area contributed by atoms with Crippen LogP contribution in [0.2, 0.25) is 5.15 Å². The largest absolute Gasteiger partial charge is 0.477 e. The molecule has 1 heterocycles. The summed E-state index contributed by atoms with van der Waals surface area (Å²) in [6.45, 7) is 7.16. The lowest BCUT2D eigenvalue weighted by Gasteiger charge is -2.17. The molecule has 0 spiro atoms. The molecule has 0 aliphatic rings. The van der Waals surface area contributed by atoms with E-state index in [-0.39, 0.29) is 5.41 Å². The van der Waals surface area contributed by atoms with Gasteiger partial charge in [-0.3, -0.25) is 0 Å². The molecule has 1 rings (SSSR count). The normalized spacial score (nSPS) is 11.4. The minimum Gasteiger partial charge on any atom is -0.477 e. The minimum atomic E-state index is 0.278. The molecule has 3 nitrogen and oxygen atoms in total. The van der Waals surface area contributed by atoms with Crippen LogP contribution >= 0.6 is 11.6 Å². The van der Waals surface area contributed by atoms with Gasteiger partial charge in [0.15, 0.2) is 0 Å². The van der Waals surface area contributed by atoms with E-state index in [2.05, 4.69) is 30.7 Å². The Balaban J connectivity index is 2.35. The van der Waals surface area contributed by atoms with E-state index in [0.717, 1.165) is 6.42 Å². The maximum absolute atomic E-state index is 5.59. The minimum absolute atomic E-state index is 0.278. The highest BCUT2D eigenvalue weighted by Crippen LogP contribution is 2.18. The summed E-state index contributed by atoms with van der Waals surface area (Å²) in [6, 6.07) is 0. The fraction of sp³-hybridized carbons (Fsp3) is 0.600. The quantitative estimate of drug-likeness (QED) is 0.776. The molecule has 0 fully saturated rings. The Morgan fingerprint density at radius 3 is 2.50 bits per heavy atom. The van der Waals surface area contributed by atoms with Crippen LogP contribution in [0.15, 0.2) is 12.4 Å². The van der Waals surface area contributed by atoms with Crippen LogP contribution in [-0.4, -0.2) is 16.6 Å². The Labute approximate surface area is 89.5 Å². The van der Waals surface area contributed by atoms with Gasteiger partial charge in [0.25, 0.3) is 0 Å². The number of hydrogen-bond acceptors (Lipinski definition) is 3. The first-order valence-corrected chi connectivity index (χ1v) is 4.95. The predicted molar refractivity (Wildman–Crippen MR) is 56.6 cm³/mol. The summed E-state index contributed by atoms with van der Waals surface area (Å²) in [6.07, 6.45) is 4.00. The van der Waals surface area contributed by atoms with Gasteiger partial charge in [0, 0.05) is 0 Å². The van der Waals surface area contributed by atoms with Crippen molar-refractivity contribution in [2.24, 2.45) is 5.41 Å². The monoisotopic (exact) mass is 214 g/mol. The highest BCUT2D eigenvalue weighted by Gasteiger charge is 2.10. The molecule has 1 aromatic heterocycles. The van der Waals surface area contributed by atoms with E-state index in [4.69, 9.17) is 16.3 Å². The van der Waals surface area contributed by atoms with Gasteiger partial charge in [0.05, 0.1) is 19.0 Å². The van der Waals surface area contributed by atoms with E-state index in [9.17, 15) is 0 Å². The number of nitrogens with zero attached hydrogens (tertiary/aromatic N) is 2. The summed E-state index contributed by atoms with van der Waals surface area (Å²) in [5.74, 6) is 0.527. The van der Waals surface area contributed by atoms with Crippen LogP contribution in [0.1, 0.15) is 27.2 Å². The van der Waals surface area contributed by atoms with Crippen LogP contribution in [0.3, 0.4) is 0 Å². The number of hydrogen-bond donors (Lipinski definition) is 0. The maximum Gasteiger partial charge on any atom is 0.232 e. The number of ether oxygens (including phenoxy) is 1. The third-order valence-corrected chi connectivity index (χ3v) is 1.89. The molecule has 0 N–H and O–H groups in total. The van der Waals surface area contributed by atoms with Crippen LogP contribution in [0.4, 0.5) is 0 Å². The average Bonchev–Trinajstić information content (AvgIpc) is 2.06. The van der Waals surface area contributed by atoms with Crippen molar-refractivity contribution in [3.8, 4) is 5.88 Å². The van der Waals surface area contributed by atoms with Gasteiger partial charge in [0.1, 0.15) is 5.15 Å². The standard InChI is InChI=1S/C10H15ClN2O/c1-10(2,3)4-5-14-9-7-12-8(11)6-13-9/h6-7H,4-5H2,1-3H3. The molecule has 0 saturated carbocycles. The summed E-state index contributed by atoms with van der Waals surface area (Å²) in [5, 5.41) is 0.383. The van der Waals surface area contributed by atoms with Gasteiger partial charge in [-0.15, -0.1) is 0 Å². The van der Waals surface area contributed by atoms with Crippen LogP contribution < -0.4 is 4.74 Å². The van der Waals surface area contributed by atoms with Gasteiger partial charge >= 0.3 is 0 Å². The number of aromatic nitrogens is 2. The van der Waals surface area contributed by atoms with Crippen molar-refractivity contribution < 1.29 is 4.74 Å². The summed E-state index contributed by atoms with van der Waals surface area (Å²) in [4.78, 5) is 7.85. The molecule has 0 unspecified atom stereocenters. The second-order valence-electron chi connectivity index (χ2n) is 4.34. The second-order valence-corrected chi connectivity index (χ2v) is 4.72. The highest BCUT2D eigenvalue weighted by atomic mass is 35.5. The Kier molecular flexibility index (Phi) is 3.69. The lowest BCUT2D eigenvalue weighted by atomic mass is 9.93. The zero-order valence-corrected chi connectivity index (χ0v) is 9.51. The second kappa shape index (κ2) is 4.60. The molecular weight excluding hydrogens is 200 g/mol. The lowest BCUT2D eigenvalue weighted by Crippen LogP contribution is -2.11. The first-order chi connectivity index (χ1) is 6.47. The van der Waals surface area contributed by atoms with E-state index in [0.29, 0.717) is 17.6 Å². The van der Waals surface area contributed by atoms with Gasteiger partial charge in [0.2, 0.25) is 5.88 Å². The Hall–Kier alpha value is -0.830. The Morgan fingerprint density at radius 1 is 1.29 bits per heavy atom. The molecule has 1 aromatic rings. The zero-order valence-electron chi connectivity index (χ0n) is 8.75. The first-order valence-electron chi connectivity index (χ1n) is 4.58. The van der Waals surface area contributed by atoms with Crippen molar-refractivity contribution in [3.05, 3.63) is 17.5 Å². The van der Waals surface area contributed by atoms with Crippen molar-refractivity contribution in [2.45, 2.75) is 27.2 Å². The average molecular weight is 215 g/mol. The molecule has 78 valence electrons. The smallest absolute Gasteiger partial charge is 0.232 e. The maximum atomic E-state index is 5.59. The molecule has 0 aliphatic heterocycles. The van der Waals surface area contributed by atoms with Gasteiger partial charge in [-0.1, -0.05) is 32.4 Å². The van der Waals surface area contributed by atoms with Crippen molar-refractivity contribution in [1.82, 2.24) is 9.97 Å². The van der Waals surface area contributed by atoms with Crippen molar-refractivity contribution in [1.29, 1.82) is 0 Å². The zero-order chi connectivity index (χ0) is 10.6. The summed E-state index contributed by atoms with van der Waals surface area (Å²) in [5.41, 5.74) is 0.278. The predicted octanol–water partition coefficient (Wildman–Crippen LogP) is 2.95. The fourth-order valence-electron chi connectivity index (χ4n) is 0.837. The van der Waals surface area contributed by atoms with E-state index in [1.165, 1.54) is 12.4 Å². The molecule has 0 aromatic carbocycles. The molecule has 0 bridgehead atoms. The van der Waals surface area contributed by atoms with Crippen LogP contribution in [-0.2, 0) is 0 Å². The Bertz CT molecular complexity index is 279. The van der Waals surface area contributed by atoms with Crippen molar-refractivity contribution >= 4 is 11.6 Å². The van der Waals surface area contributed by atoms with E-state index >= 15 is 0 Å². The molecule has 0 aliphatic carbocycles. The number of rotatable bonds is 3. The first kappa shape index (κ1) is 11.2. The fourth-order valence-corrected chi connectivity index (χ4v) is 0.934. The lowest BCUT2D eigenvalue weighted by molar-refractivity contribution is 0.235. The summed E-state index contributed by atoms with van der Waals surface area (Å²) < 4.78 is 5.40. The molecule has 0 amide bonds. The SMILES string of the molecule is CC(C)(C)CCOc1cnc(Cl)cn1. The van der Waals surface area contributed by atoms with E-state index in [1.807, 2.05) is 0 Å². The highest BCUT2D eigenvalue weighted by molar-refractivity contribution is 6.29. The number of halogens is 1. The van der Waals surface area contributed by atoms with Gasteiger partial charge in [-0.2, -0.15) is 0 Å². The third kappa shape index (κ3) is 4.42. The molecule has 0 radical (unpaired) electrons. The molecule has 14 heavy (non-hydrogen) atoms. The molecule has 4 heteroatoms. The van der Waals surface area contributed by atoms with Crippen molar-refractivity contribution in [2.75, 3.05) is 6.61 Å². The van der Waals surface area contributed by atoms with Gasteiger partial charge in [-0.05, 0) is 11.8 Å². The van der Waals surface area contributed by atoms with Gasteiger partial charge < -0.3 is 4.74 Å². The van der Waals surface area contributed by atoms with Crippen LogP contribution in [0, 0.1) is 5.41 Å². The van der Waals surface area contributed by atoms with Crippen LogP contribution in [0.25, 0.3) is 0 Å². The van der Waals surface area contributed by atoms with E-state index in [1.54, 1.807) is 0 Å².